The summed E-state index contributed by atoms with van der Waals surface area (Å²) in [6, 6.07) is 9.47. The normalized spacial score (nSPS) is 24.7. The van der Waals surface area contributed by atoms with Gasteiger partial charge in [0.25, 0.3) is 0 Å². The number of benzene rings is 1. The number of methoxy groups -OCH3 is 1. The van der Waals surface area contributed by atoms with Crippen molar-refractivity contribution in [3.8, 4) is 0 Å². The quantitative estimate of drug-likeness (QED) is 0.474. The van der Waals surface area contributed by atoms with E-state index in [0.717, 1.165) is 11.8 Å². The Morgan fingerprint density at radius 2 is 1.89 bits per heavy atom. The number of esters is 1. The highest BCUT2D eigenvalue weighted by atomic mass is 16.5. The van der Waals surface area contributed by atoms with E-state index in [1.807, 2.05) is 50.3 Å². The van der Waals surface area contributed by atoms with Gasteiger partial charge in [0.05, 0.1) is 13.0 Å². The van der Waals surface area contributed by atoms with Crippen molar-refractivity contribution in [2.45, 2.75) is 13.8 Å². The van der Waals surface area contributed by atoms with Crippen LogP contribution in [0.3, 0.4) is 0 Å². The first-order valence-corrected chi connectivity index (χ1v) is 6.32. The molecule has 1 aliphatic rings. The van der Waals surface area contributed by atoms with Crippen LogP contribution in [0.5, 0.6) is 0 Å². The van der Waals surface area contributed by atoms with Crippen molar-refractivity contribution < 1.29 is 14.3 Å². The predicted octanol–water partition coefficient (Wildman–Crippen LogP) is 2.71. The van der Waals surface area contributed by atoms with Crippen LogP contribution in [0, 0.1) is 17.3 Å². The Morgan fingerprint density at radius 1 is 1.26 bits per heavy atom. The van der Waals surface area contributed by atoms with E-state index >= 15 is 0 Å². The summed E-state index contributed by atoms with van der Waals surface area (Å²) in [5, 5.41) is 0. The Bertz CT molecular complexity index is 514. The Labute approximate surface area is 113 Å². The number of ether oxygens (including phenoxy) is 1. The maximum atomic E-state index is 11.7. The van der Waals surface area contributed by atoms with Gasteiger partial charge in [-0.15, -0.1) is 0 Å². The van der Waals surface area contributed by atoms with Crippen molar-refractivity contribution in [3.05, 3.63) is 42.0 Å². The Morgan fingerprint density at radius 3 is 2.42 bits per heavy atom. The number of carbonyl (C=O) groups excluding carboxylic acids is 2. The summed E-state index contributed by atoms with van der Waals surface area (Å²) in [6.07, 6.45) is 2.74. The first-order valence-electron chi connectivity index (χ1n) is 6.32. The summed E-state index contributed by atoms with van der Waals surface area (Å²) in [6.45, 7) is 4.03. The molecule has 2 atom stereocenters. The van der Waals surface area contributed by atoms with Gasteiger partial charge < -0.3 is 4.74 Å². The second-order valence-electron chi connectivity index (χ2n) is 5.45. The lowest BCUT2D eigenvalue weighted by Gasteiger charge is -2.01. The highest BCUT2D eigenvalue weighted by molar-refractivity contribution is 6.07. The molecule has 0 amide bonds. The summed E-state index contributed by atoms with van der Waals surface area (Å²) >= 11 is 0. The molecular weight excluding hydrogens is 240 g/mol. The maximum absolute atomic E-state index is 11.7. The zero-order chi connectivity index (χ0) is 14.0. The van der Waals surface area contributed by atoms with Gasteiger partial charge in [-0.05, 0) is 16.9 Å². The molecule has 1 saturated carbocycles. The van der Waals surface area contributed by atoms with E-state index in [9.17, 15) is 9.59 Å². The second kappa shape index (κ2) is 5.00. The molecule has 2 rings (SSSR count). The second-order valence-corrected chi connectivity index (χ2v) is 5.45. The van der Waals surface area contributed by atoms with Crippen LogP contribution >= 0.6 is 0 Å². The molecule has 0 aliphatic heterocycles. The summed E-state index contributed by atoms with van der Waals surface area (Å²) in [4.78, 5) is 22.9. The van der Waals surface area contributed by atoms with Crippen LogP contribution in [0.25, 0.3) is 5.57 Å². The largest absolute Gasteiger partial charge is 0.469 e. The number of carbonyl (C=O) groups is 2. The van der Waals surface area contributed by atoms with Gasteiger partial charge in [-0.25, -0.2) is 0 Å². The molecule has 100 valence electrons. The van der Waals surface area contributed by atoms with Gasteiger partial charge >= 0.3 is 5.97 Å². The van der Waals surface area contributed by atoms with E-state index in [0.29, 0.717) is 5.57 Å². The molecular formula is C16H18O3. The number of hydrogen-bond acceptors (Lipinski definition) is 3. The first-order chi connectivity index (χ1) is 9.02. The minimum atomic E-state index is -0.204. The maximum Gasteiger partial charge on any atom is 0.309 e. The summed E-state index contributed by atoms with van der Waals surface area (Å²) in [7, 11) is 1.40. The van der Waals surface area contributed by atoms with Crippen molar-refractivity contribution in [2.24, 2.45) is 17.3 Å². The first kappa shape index (κ1) is 13.5. The third kappa shape index (κ3) is 2.46. The van der Waals surface area contributed by atoms with E-state index in [1.54, 1.807) is 0 Å². The van der Waals surface area contributed by atoms with E-state index in [-0.39, 0.29) is 23.2 Å². The Balaban J connectivity index is 2.26. The van der Waals surface area contributed by atoms with Crippen molar-refractivity contribution >= 4 is 17.8 Å². The summed E-state index contributed by atoms with van der Waals surface area (Å²) < 4.78 is 4.80. The molecule has 1 fully saturated rings. The van der Waals surface area contributed by atoms with Crippen LogP contribution in [0.4, 0.5) is 0 Å². The summed E-state index contributed by atoms with van der Waals surface area (Å²) in [5.41, 5.74) is 1.37. The van der Waals surface area contributed by atoms with Crippen LogP contribution < -0.4 is 0 Å². The number of aldehydes is 1. The zero-order valence-corrected chi connectivity index (χ0v) is 11.4. The van der Waals surface area contributed by atoms with Crippen molar-refractivity contribution in [2.75, 3.05) is 7.11 Å². The van der Waals surface area contributed by atoms with Crippen molar-refractivity contribution in [1.82, 2.24) is 0 Å². The molecule has 3 heteroatoms. The third-order valence-corrected chi connectivity index (χ3v) is 3.96. The molecule has 0 N–H and O–H groups in total. The smallest absolute Gasteiger partial charge is 0.309 e. The molecule has 19 heavy (non-hydrogen) atoms. The van der Waals surface area contributed by atoms with Crippen LogP contribution in [0.2, 0.25) is 0 Å². The van der Waals surface area contributed by atoms with Crippen molar-refractivity contribution in [3.63, 3.8) is 0 Å². The standard InChI is InChI=1S/C16H18O3/c1-16(2)13(14(16)15(18)19-3)9-12(10-17)11-7-5-4-6-8-11/h4-10,13-14H,1-3H3/b12-9-/t13-,14+/m1/s1. The third-order valence-electron chi connectivity index (χ3n) is 3.96. The van der Waals surface area contributed by atoms with Gasteiger partial charge in [-0.3, -0.25) is 9.59 Å². The molecule has 1 aromatic rings. The molecule has 0 heterocycles. The lowest BCUT2D eigenvalue weighted by atomic mass is 10.0. The average Bonchev–Trinajstić information content (AvgIpc) is 2.97. The lowest BCUT2D eigenvalue weighted by Crippen LogP contribution is -2.07. The van der Waals surface area contributed by atoms with Gasteiger partial charge in [0, 0.05) is 5.57 Å². The highest BCUT2D eigenvalue weighted by Crippen LogP contribution is 2.60. The van der Waals surface area contributed by atoms with E-state index in [4.69, 9.17) is 4.74 Å². The highest BCUT2D eigenvalue weighted by Gasteiger charge is 2.61. The number of allylic oxidation sites excluding steroid dienone is 2. The van der Waals surface area contributed by atoms with E-state index in [2.05, 4.69) is 0 Å². The molecule has 1 aromatic carbocycles. The molecule has 0 radical (unpaired) electrons. The molecule has 0 saturated heterocycles. The molecule has 0 spiro atoms. The fourth-order valence-electron chi connectivity index (χ4n) is 2.59. The minimum absolute atomic E-state index is 0.0559. The summed E-state index contributed by atoms with van der Waals surface area (Å²) in [5.74, 6) is -0.305. The monoisotopic (exact) mass is 258 g/mol. The van der Waals surface area contributed by atoms with Crippen LogP contribution in [-0.4, -0.2) is 19.4 Å². The van der Waals surface area contributed by atoms with E-state index < -0.39 is 0 Å². The fraction of sp³-hybridized carbons (Fsp3) is 0.375. The molecule has 0 aromatic heterocycles. The van der Waals surface area contributed by atoms with Gasteiger partial charge in [-0.1, -0.05) is 50.3 Å². The van der Waals surface area contributed by atoms with Crippen LogP contribution in [-0.2, 0) is 14.3 Å². The van der Waals surface area contributed by atoms with Gasteiger partial charge in [0.15, 0.2) is 0 Å². The number of hydrogen-bond donors (Lipinski definition) is 0. The van der Waals surface area contributed by atoms with Crippen LogP contribution in [0.15, 0.2) is 36.4 Å². The van der Waals surface area contributed by atoms with E-state index in [1.165, 1.54) is 7.11 Å². The lowest BCUT2D eigenvalue weighted by molar-refractivity contribution is -0.143. The molecule has 1 aliphatic carbocycles. The SMILES string of the molecule is COC(=O)[C@@H]1[C@@H](/C=C(/C=O)c2ccccc2)C1(C)C. The Kier molecular flexibility index (Phi) is 3.56. The molecule has 0 unspecified atom stereocenters. The number of rotatable bonds is 4. The van der Waals surface area contributed by atoms with Gasteiger partial charge in [-0.2, -0.15) is 0 Å². The minimum Gasteiger partial charge on any atom is -0.469 e. The predicted molar refractivity (Wildman–Crippen MR) is 73.3 cm³/mol. The zero-order valence-electron chi connectivity index (χ0n) is 11.4. The fourth-order valence-corrected chi connectivity index (χ4v) is 2.59. The average molecular weight is 258 g/mol. The van der Waals surface area contributed by atoms with Crippen molar-refractivity contribution in [1.29, 1.82) is 0 Å². The van der Waals surface area contributed by atoms with Gasteiger partial charge in [0.1, 0.15) is 6.29 Å². The molecule has 3 nitrogen and oxygen atoms in total. The molecule has 0 bridgehead atoms. The Hall–Kier alpha value is -1.90. The topological polar surface area (TPSA) is 43.4 Å². The van der Waals surface area contributed by atoms with Gasteiger partial charge in [0.2, 0.25) is 0 Å². The van der Waals surface area contributed by atoms with Crippen LogP contribution in [0.1, 0.15) is 19.4 Å².